The smallest absolute Gasteiger partial charge is 0.295 e. The molecule has 0 aromatic carbocycles. The molecule has 0 aromatic rings. The molecule has 0 aliphatic rings. The van der Waals surface area contributed by atoms with Crippen molar-refractivity contribution in [3.63, 3.8) is 0 Å². The zero-order chi connectivity index (χ0) is 8.15. The first-order valence-electron chi connectivity index (χ1n) is 2.45. The second-order valence-electron chi connectivity index (χ2n) is 1.65. The van der Waals surface area contributed by atoms with E-state index >= 15 is 0 Å². The Hall–Kier alpha value is -1.40. The molecule has 1 unspecified atom stereocenters. The van der Waals surface area contributed by atoms with Gasteiger partial charge in [-0.25, -0.2) is 0 Å². The first kappa shape index (κ1) is 8.60. The highest BCUT2D eigenvalue weighted by molar-refractivity contribution is 4.40. The van der Waals surface area contributed by atoms with Crippen molar-refractivity contribution in [1.29, 1.82) is 0 Å². The monoisotopic (exact) mass is 150 g/mol. The van der Waals surface area contributed by atoms with Gasteiger partial charge in [0.15, 0.2) is 6.10 Å². The second kappa shape index (κ2) is 3.59. The largest absolute Gasteiger partial charge is 0.304 e. The molecule has 0 saturated carbocycles. The Labute approximate surface area is 55.8 Å². The molecule has 7 heteroatoms. The van der Waals surface area contributed by atoms with Crippen molar-refractivity contribution >= 4 is 0 Å². The Kier molecular flexibility index (Phi) is 3.09. The van der Waals surface area contributed by atoms with E-state index in [0.717, 1.165) is 0 Å². The molecule has 0 aliphatic heterocycles. The van der Waals surface area contributed by atoms with Crippen LogP contribution in [0.5, 0.6) is 0 Å². The first-order valence-corrected chi connectivity index (χ1v) is 2.45. The van der Waals surface area contributed by atoms with Crippen LogP contribution in [0.25, 0.3) is 0 Å². The molecule has 10 heavy (non-hydrogen) atoms. The molecule has 1 atom stereocenters. The lowest BCUT2D eigenvalue weighted by molar-refractivity contribution is -0.773. The first-order chi connectivity index (χ1) is 4.52. The van der Waals surface area contributed by atoms with E-state index in [-0.39, 0.29) is 0 Å². The average molecular weight is 150 g/mol. The van der Waals surface area contributed by atoms with Gasteiger partial charge in [-0.05, 0) is 6.92 Å². The maximum atomic E-state index is 9.69. The normalized spacial score (nSPS) is 12.1. The quantitative estimate of drug-likeness (QED) is 0.410. The van der Waals surface area contributed by atoms with E-state index < -0.39 is 22.7 Å². The van der Waals surface area contributed by atoms with Crippen LogP contribution in [0, 0.1) is 20.2 Å². The lowest BCUT2D eigenvalue weighted by atomic mass is 10.4. The fourth-order valence-electron chi connectivity index (χ4n) is 0.390. The van der Waals surface area contributed by atoms with Crippen LogP contribution in [0.3, 0.4) is 0 Å². The fourth-order valence-corrected chi connectivity index (χ4v) is 0.390. The van der Waals surface area contributed by atoms with Gasteiger partial charge in [-0.1, -0.05) is 0 Å². The summed E-state index contributed by atoms with van der Waals surface area (Å²) < 4.78 is 0. The number of nitro groups is 1. The highest BCUT2D eigenvalue weighted by atomic mass is 17.0. The van der Waals surface area contributed by atoms with Crippen molar-refractivity contribution < 1.29 is 14.8 Å². The van der Waals surface area contributed by atoms with E-state index in [1.165, 1.54) is 6.92 Å². The van der Waals surface area contributed by atoms with Crippen LogP contribution in [-0.2, 0) is 4.84 Å². The lowest BCUT2D eigenvalue weighted by Gasteiger charge is -2.01. The van der Waals surface area contributed by atoms with Crippen molar-refractivity contribution in [2.45, 2.75) is 13.0 Å². The number of nitrogens with zero attached hydrogens (tertiary/aromatic N) is 2. The zero-order valence-corrected chi connectivity index (χ0v) is 5.22. The molecule has 7 nitrogen and oxygen atoms in total. The third-order valence-electron chi connectivity index (χ3n) is 0.672. The Morgan fingerprint density at radius 1 is 1.50 bits per heavy atom. The summed E-state index contributed by atoms with van der Waals surface area (Å²) in [7, 11) is 0. The van der Waals surface area contributed by atoms with Crippen molar-refractivity contribution in [1.82, 2.24) is 0 Å². The van der Waals surface area contributed by atoms with Gasteiger partial charge in [-0.3, -0.25) is 10.1 Å². The molecule has 0 radical (unpaired) electrons. The Morgan fingerprint density at radius 3 is 2.30 bits per heavy atom. The van der Waals surface area contributed by atoms with Gasteiger partial charge in [0.1, 0.15) is 0 Å². The van der Waals surface area contributed by atoms with Crippen molar-refractivity contribution in [2.24, 2.45) is 0 Å². The Bertz CT molecular complexity index is 130. The molecule has 0 saturated heterocycles. The summed E-state index contributed by atoms with van der Waals surface area (Å²) in [6, 6.07) is 0. The van der Waals surface area contributed by atoms with Gasteiger partial charge in [-0.2, -0.15) is 0 Å². The van der Waals surface area contributed by atoms with Gasteiger partial charge >= 0.3 is 0 Å². The lowest BCUT2D eigenvalue weighted by Crippen LogP contribution is -2.22. The Balaban J connectivity index is 3.53. The minimum absolute atomic E-state index is 0.555. The van der Waals surface area contributed by atoms with Gasteiger partial charge in [0.05, 0.1) is 0 Å². The molecule has 0 spiro atoms. The molecule has 0 bridgehead atoms. The summed E-state index contributed by atoms with van der Waals surface area (Å²) in [5, 5.41) is 18.2. The average Bonchev–Trinajstić information content (AvgIpc) is 1.58. The standard InChI is InChI=1S/C3H6N2O5/c1-3(2-4(6)7)10-5(8)9/h3H,2H2,1H3. The zero-order valence-electron chi connectivity index (χ0n) is 5.22. The number of rotatable bonds is 4. The summed E-state index contributed by atoms with van der Waals surface area (Å²) in [6.07, 6.45) is -0.981. The molecule has 58 valence electrons. The number of hydrogen-bond donors (Lipinski definition) is 0. The molecule has 0 fully saturated rings. The van der Waals surface area contributed by atoms with Gasteiger partial charge in [0.2, 0.25) is 6.54 Å². The minimum Gasteiger partial charge on any atom is -0.304 e. The van der Waals surface area contributed by atoms with Gasteiger partial charge < -0.3 is 4.84 Å². The van der Waals surface area contributed by atoms with Crippen molar-refractivity contribution in [3.05, 3.63) is 20.2 Å². The summed E-state index contributed by atoms with van der Waals surface area (Å²) >= 11 is 0. The fraction of sp³-hybridized carbons (Fsp3) is 1.00. The van der Waals surface area contributed by atoms with E-state index in [0.29, 0.717) is 0 Å². The molecule has 0 rings (SSSR count). The Morgan fingerprint density at radius 2 is 2.00 bits per heavy atom. The van der Waals surface area contributed by atoms with Gasteiger partial charge in [0.25, 0.3) is 5.09 Å². The van der Waals surface area contributed by atoms with Crippen LogP contribution in [0.15, 0.2) is 0 Å². The van der Waals surface area contributed by atoms with E-state index in [2.05, 4.69) is 4.84 Å². The van der Waals surface area contributed by atoms with E-state index in [1.54, 1.807) is 0 Å². The molecule has 0 heterocycles. The van der Waals surface area contributed by atoms with E-state index in [1.807, 2.05) is 0 Å². The van der Waals surface area contributed by atoms with Crippen molar-refractivity contribution in [2.75, 3.05) is 6.54 Å². The number of hydrogen-bond acceptors (Lipinski definition) is 5. The molecular formula is C3H6N2O5. The van der Waals surface area contributed by atoms with Gasteiger partial charge in [-0.15, -0.1) is 10.1 Å². The second-order valence-corrected chi connectivity index (χ2v) is 1.65. The summed E-state index contributed by atoms with van der Waals surface area (Å²) in [5.41, 5.74) is 0. The predicted octanol–water partition coefficient (Wildman–Crippen LogP) is -0.140. The van der Waals surface area contributed by atoms with Crippen molar-refractivity contribution in [3.8, 4) is 0 Å². The van der Waals surface area contributed by atoms with Gasteiger partial charge in [0, 0.05) is 4.92 Å². The summed E-state index contributed by atoms with van der Waals surface area (Å²) in [4.78, 5) is 22.4. The maximum Gasteiger partial charge on any atom is 0.295 e. The summed E-state index contributed by atoms with van der Waals surface area (Å²) in [5.74, 6) is 0. The molecule has 0 amide bonds. The maximum absolute atomic E-state index is 9.69. The molecule has 0 aliphatic carbocycles. The van der Waals surface area contributed by atoms with E-state index in [4.69, 9.17) is 0 Å². The minimum atomic E-state index is -1.05. The third-order valence-corrected chi connectivity index (χ3v) is 0.672. The highest BCUT2D eigenvalue weighted by Crippen LogP contribution is 1.89. The van der Waals surface area contributed by atoms with Crippen LogP contribution in [0.4, 0.5) is 0 Å². The SMILES string of the molecule is CC(C[N+](=O)[O-])O[N+](=O)[O-]. The molecule has 0 N–H and O–H groups in total. The molecule has 0 aromatic heterocycles. The summed E-state index contributed by atoms with van der Waals surface area (Å²) in [6.45, 7) is 0.701. The van der Waals surface area contributed by atoms with Crippen LogP contribution >= 0.6 is 0 Å². The van der Waals surface area contributed by atoms with E-state index in [9.17, 15) is 20.2 Å². The van der Waals surface area contributed by atoms with Crippen LogP contribution in [0.2, 0.25) is 0 Å². The van der Waals surface area contributed by atoms with Crippen LogP contribution < -0.4 is 0 Å². The van der Waals surface area contributed by atoms with Crippen LogP contribution in [-0.4, -0.2) is 22.7 Å². The highest BCUT2D eigenvalue weighted by Gasteiger charge is 2.12. The topological polar surface area (TPSA) is 95.5 Å². The predicted molar refractivity (Wildman–Crippen MR) is 29.4 cm³/mol. The van der Waals surface area contributed by atoms with Crippen LogP contribution in [0.1, 0.15) is 6.92 Å². The molecular weight excluding hydrogens is 144 g/mol. The third kappa shape index (κ3) is 4.75.